The molecule has 2 atom stereocenters. The van der Waals surface area contributed by atoms with Gasteiger partial charge in [0.2, 0.25) is 5.91 Å². The Morgan fingerprint density at radius 3 is 2.11 bits per heavy atom. The molecule has 0 bridgehead atoms. The third kappa shape index (κ3) is 2.43. The van der Waals surface area contributed by atoms with E-state index in [9.17, 15) is 4.79 Å². The van der Waals surface area contributed by atoms with Gasteiger partial charge in [-0.1, -0.05) is 6.92 Å². The second-order valence-corrected chi connectivity index (χ2v) is 2.01. The summed E-state index contributed by atoms with van der Waals surface area (Å²) in [7, 11) is 0. The molecule has 0 fully saturated rings. The minimum Gasteiger partial charge on any atom is -0.393 e. The van der Waals surface area contributed by atoms with Crippen molar-refractivity contribution >= 4 is 5.91 Å². The van der Waals surface area contributed by atoms with Gasteiger partial charge in [-0.2, -0.15) is 0 Å². The predicted octanol–water partition coefficient (Wildman–Crippen LogP) is -0.491. The maximum absolute atomic E-state index is 10.4. The van der Waals surface area contributed by atoms with Crippen LogP contribution in [0, 0.1) is 5.92 Å². The van der Waals surface area contributed by atoms with E-state index in [1.54, 1.807) is 0 Å². The molecule has 0 saturated carbocycles. The zero-order valence-electron chi connectivity index (χ0n) is 5.46. The lowest BCUT2D eigenvalue weighted by Gasteiger charge is -2.10. The summed E-state index contributed by atoms with van der Waals surface area (Å²) in [6.45, 7) is 3.01. The molecule has 0 aromatic carbocycles. The third-order valence-electron chi connectivity index (χ3n) is 1.25. The van der Waals surface area contributed by atoms with Crippen molar-refractivity contribution in [2.45, 2.75) is 20.0 Å². The van der Waals surface area contributed by atoms with Gasteiger partial charge in [-0.05, 0) is 6.92 Å². The molecule has 0 aromatic rings. The van der Waals surface area contributed by atoms with E-state index in [0.717, 1.165) is 0 Å². The molecule has 0 aliphatic rings. The molecule has 0 spiro atoms. The fraction of sp³-hybridized carbons (Fsp3) is 0.800. The van der Waals surface area contributed by atoms with Crippen LogP contribution in [0.4, 0.5) is 0 Å². The lowest BCUT2D eigenvalue weighted by atomic mass is 10.1. The number of amides is 1. The van der Waals surface area contributed by atoms with Crippen molar-refractivity contribution in [2.75, 3.05) is 0 Å². The molecule has 0 heterocycles. The van der Waals surface area contributed by atoms with Crippen molar-refractivity contribution in [2.24, 2.45) is 5.92 Å². The molecular formula is C5H11NO3. The summed E-state index contributed by atoms with van der Waals surface area (Å²) in [6.07, 6.45) is -0.725. The monoisotopic (exact) mass is 133 g/mol. The lowest BCUT2D eigenvalue weighted by molar-refractivity contribution is -0.135. The summed E-state index contributed by atoms with van der Waals surface area (Å²) < 4.78 is 0. The van der Waals surface area contributed by atoms with Crippen molar-refractivity contribution in [3.05, 3.63) is 0 Å². The Bertz CT molecular complexity index is 102. The Balaban J connectivity index is 3.72. The van der Waals surface area contributed by atoms with Crippen LogP contribution in [-0.4, -0.2) is 22.3 Å². The number of aliphatic hydroxyl groups excluding tert-OH is 1. The van der Waals surface area contributed by atoms with Crippen molar-refractivity contribution in [3.63, 3.8) is 0 Å². The first-order valence-corrected chi connectivity index (χ1v) is 2.71. The first-order chi connectivity index (χ1) is 4.09. The topological polar surface area (TPSA) is 69.6 Å². The van der Waals surface area contributed by atoms with Crippen LogP contribution in [0.1, 0.15) is 13.8 Å². The first kappa shape index (κ1) is 8.39. The van der Waals surface area contributed by atoms with E-state index in [0.29, 0.717) is 0 Å². The maximum atomic E-state index is 10.4. The second-order valence-electron chi connectivity index (χ2n) is 2.01. The first-order valence-electron chi connectivity index (χ1n) is 2.71. The highest BCUT2D eigenvalue weighted by molar-refractivity contribution is 5.77. The molecule has 0 aliphatic heterocycles. The van der Waals surface area contributed by atoms with Crippen LogP contribution >= 0.6 is 0 Å². The molecule has 9 heavy (non-hydrogen) atoms. The van der Waals surface area contributed by atoms with Crippen LogP contribution in [0.3, 0.4) is 0 Å². The number of carbonyl (C=O) groups is 1. The fourth-order valence-electron chi connectivity index (χ4n) is 0.321. The van der Waals surface area contributed by atoms with Gasteiger partial charge >= 0.3 is 0 Å². The Morgan fingerprint density at radius 1 is 1.56 bits per heavy atom. The SMILES string of the molecule is CC(O)C(C)C(=O)NO. The Labute approximate surface area is 53.5 Å². The maximum Gasteiger partial charge on any atom is 0.248 e. The average molecular weight is 133 g/mol. The van der Waals surface area contributed by atoms with Gasteiger partial charge in [0, 0.05) is 0 Å². The van der Waals surface area contributed by atoms with Crippen molar-refractivity contribution in [1.82, 2.24) is 5.48 Å². The number of hydrogen-bond donors (Lipinski definition) is 3. The molecule has 0 saturated heterocycles. The molecule has 0 rings (SSSR count). The molecule has 0 aliphatic carbocycles. The number of rotatable bonds is 2. The minimum absolute atomic E-state index is 0.560. The van der Waals surface area contributed by atoms with Gasteiger partial charge in [0.05, 0.1) is 12.0 Å². The van der Waals surface area contributed by atoms with E-state index in [-0.39, 0.29) is 0 Å². The van der Waals surface area contributed by atoms with Crippen LogP contribution in [-0.2, 0) is 4.79 Å². The molecule has 4 heteroatoms. The fourth-order valence-corrected chi connectivity index (χ4v) is 0.321. The zero-order chi connectivity index (χ0) is 7.44. The molecule has 2 unspecified atom stereocenters. The summed E-state index contributed by atoms with van der Waals surface area (Å²) in [5.41, 5.74) is 1.45. The van der Waals surface area contributed by atoms with Crippen LogP contribution in [0.5, 0.6) is 0 Å². The van der Waals surface area contributed by atoms with Gasteiger partial charge in [0.15, 0.2) is 0 Å². The molecule has 3 N–H and O–H groups in total. The smallest absolute Gasteiger partial charge is 0.248 e. The summed E-state index contributed by atoms with van der Waals surface area (Å²) >= 11 is 0. The number of aliphatic hydroxyl groups is 1. The standard InChI is InChI=1S/C5H11NO3/c1-3(4(2)7)5(8)6-9/h3-4,7,9H,1-2H3,(H,6,8). The molecule has 0 radical (unpaired) electrons. The van der Waals surface area contributed by atoms with Gasteiger partial charge in [-0.25, -0.2) is 5.48 Å². The van der Waals surface area contributed by atoms with E-state index in [1.807, 2.05) is 0 Å². The second kappa shape index (κ2) is 3.42. The van der Waals surface area contributed by atoms with Crippen LogP contribution in [0.2, 0.25) is 0 Å². The molecule has 4 nitrogen and oxygen atoms in total. The molecule has 54 valence electrons. The number of carbonyl (C=O) groups excluding carboxylic acids is 1. The highest BCUT2D eigenvalue weighted by Crippen LogP contribution is 1.99. The Morgan fingerprint density at radius 2 is 2.00 bits per heavy atom. The quantitative estimate of drug-likeness (QED) is 0.351. The number of hydroxylamine groups is 1. The van der Waals surface area contributed by atoms with Crippen molar-refractivity contribution in [1.29, 1.82) is 0 Å². The summed E-state index contributed by atoms with van der Waals surface area (Å²) in [5.74, 6) is -1.13. The van der Waals surface area contributed by atoms with E-state index in [4.69, 9.17) is 10.3 Å². The highest BCUT2D eigenvalue weighted by Gasteiger charge is 2.16. The number of hydrogen-bond acceptors (Lipinski definition) is 3. The van der Waals surface area contributed by atoms with Crippen molar-refractivity contribution in [3.8, 4) is 0 Å². The molecule has 1 amide bonds. The predicted molar refractivity (Wildman–Crippen MR) is 30.8 cm³/mol. The van der Waals surface area contributed by atoms with E-state index in [2.05, 4.69) is 0 Å². The van der Waals surface area contributed by atoms with Crippen LogP contribution in [0.25, 0.3) is 0 Å². The van der Waals surface area contributed by atoms with Gasteiger partial charge in [-0.3, -0.25) is 10.0 Å². The largest absolute Gasteiger partial charge is 0.393 e. The zero-order valence-corrected chi connectivity index (χ0v) is 5.46. The lowest BCUT2D eigenvalue weighted by Crippen LogP contribution is -2.32. The van der Waals surface area contributed by atoms with Crippen molar-refractivity contribution < 1.29 is 15.1 Å². The summed E-state index contributed by atoms with van der Waals surface area (Å²) in [4.78, 5) is 10.4. The van der Waals surface area contributed by atoms with Gasteiger partial charge in [-0.15, -0.1) is 0 Å². The van der Waals surface area contributed by atoms with Gasteiger partial charge < -0.3 is 5.11 Å². The third-order valence-corrected chi connectivity index (χ3v) is 1.25. The number of nitrogens with one attached hydrogen (secondary N) is 1. The molecular weight excluding hydrogens is 122 g/mol. The average Bonchev–Trinajstić information content (AvgIpc) is 1.84. The van der Waals surface area contributed by atoms with E-state index < -0.39 is 17.9 Å². The minimum atomic E-state index is -0.725. The summed E-state index contributed by atoms with van der Waals surface area (Å²) in [6, 6.07) is 0. The van der Waals surface area contributed by atoms with E-state index >= 15 is 0 Å². The Kier molecular flexibility index (Phi) is 3.19. The van der Waals surface area contributed by atoms with Gasteiger partial charge in [0.1, 0.15) is 0 Å². The summed E-state index contributed by atoms with van der Waals surface area (Å²) in [5, 5.41) is 16.8. The Hall–Kier alpha value is -0.610. The van der Waals surface area contributed by atoms with Crippen LogP contribution < -0.4 is 5.48 Å². The van der Waals surface area contributed by atoms with E-state index in [1.165, 1.54) is 19.3 Å². The highest BCUT2D eigenvalue weighted by atomic mass is 16.5. The van der Waals surface area contributed by atoms with Gasteiger partial charge in [0.25, 0.3) is 0 Å². The normalized spacial score (nSPS) is 16.4. The van der Waals surface area contributed by atoms with Crippen LogP contribution in [0.15, 0.2) is 0 Å². The molecule has 0 aromatic heterocycles.